The second-order valence-corrected chi connectivity index (χ2v) is 8.34. The lowest BCUT2D eigenvalue weighted by Crippen LogP contribution is -2.12. The maximum Gasteiger partial charge on any atom is 0.226 e. The highest BCUT2D eigenvalue weighted by molar-refractivity contribution is 7.91. The Morgan fingerprint density at radius 2 is 1.78 bits per heavy atom. The summed E-state index contributed by atoms with van der Waals surface area (Å²) in [5.74, 6) is 0.274. The van der Waals surface area contributed by atoms with Gasteiger partial charge in [0.2, 0.25) is 11.2 Å². The Kier molecular flexibility index (Phi) is 5.76. The van der Waals surface area contributed by atoms with Crippen molar-refractivity contribution in [3.63, 3.8) is 0 Å². The molecule has 0 radical (unpaired) electrons. The van der Waals surface area contributed by atoms with Gasteiger partial charge in [-0.15, -0.1) is 0 Å². The number of rotatable bonds is 7. The summed E-state index contributed by atoms with van der Waals surface area (Å²) >= 11 is 0. The van der Waals surface area contributed by atoms with Crippen molar-refractivity contribution in [2.45, 2.75) is 24.8 Å². The third kappa shape index (κ3) is 5.08. The Morgan fingerprint density at radius 3 is 2.48 bits per heavy atom. The van der Waals surface area contributed by atoms with Crippen LogP contribution in [-0.2, 0) is 22.9 Å². The van der Waals surface area contributed by atoms with Gasteiger partial charge in [-0.25, -0.2) is 8.42 Å². The molecule has 2 aromatic carbocycles. The van der Waals surface area contributed by atoms with E-state index >= 15 is 0 Å². The van der Waals surface area contributed by atoms with Crippen LogP contribution in [0.15, 0.2) is 81.0 Å². The van der Waals surface area contributed by atoms with Crippen LogP contribution < -0.4 is 10.2 Å². The van der Waals surface area contributed by atoms with Crippen molar-refractivity contribution in [3.05, 3.63) is 94.0 Å². The minimum absolute atomic E-state index is 0.101. The van der Waals surface area contributed by atoms with Crippen molar-refractivity contribution >= 4 is 9.84 Å². The summed E-state index contributed by atoms with van der Waals surface area (Å²) in [6.45, 7) is 2.10. The van der Waals surface area contributed by atoms with Crippen molar-refractivity contribution < 1.29 is 17.6 Å². The minimum atomic E-state index is -3.44. The first-order valence-corrected chi connectivity index (χ1v) is 10.2. The normalized spacial score (nSPS) is 11.3. The van der Waals surface area contributed by atoms with Crippen molar-refractivity contribution in [3.8, 4) is 5.75 Å². The zero-order valence-corrected chi connectivity index (χ0v) is 15.7. The molecule has 0 N–H and O–H groups in total. The fourth-order valence-corrected chi connectivity index (χ4v) is 3.93. The summed E-state index contributed by atoms with van der Waals surface area (Å²) in [5, 5.41) is 0. The molecule has 0 amide bonds. The van der Waals surface area contributed by atoms with Crippen molar-refractivity contribution in [1.82, 2.24) is 0 Å². The van der Waals surface area contributed by atoms with Crippen LogP contribution >= 0.6 is 0 Å². The van der Waals surface area contributed by atoms with Gasteiger partial charge >= 0.3 is 0 Å². The molecule has 1 aromatic heterocycles. The molecule has 0 unspecified atom stereocenters. The molecule has 0 aliphatic heterocycles. The van der Waals surface area contributed by atoms with Gasteiger partial charge in [0.1, 0.15) is 18.6 Å². The van der Waals surface area contributed by atoms with Gasteiger partial charge in [0.25, 0.3) is 0 Å². The summed E-state index contributed by atoms with van der Waals surface area (Å²) in [5.41, 5.74) is 1.48. The maximum atomic E-state index is 12.4. The van der Waals surface area contributed by atoms with Gasteiger partial charge in [0.15, 0.2) is 9.84 Å². The number of ether oxygens (including phenoxy) is 1. The summed E-state index contributed by atoms with van der Waals surface area (Å²) in [6, 6.07) is 17.5. The van der Waals surface area contributed by atoms with E-state index in [1.54, 1.807) is 18.2 Å². The van der Waals surface area contributed by atoms with Crippen molar-refractivity contribution in [1.29, 1.82) is 0 Å². The minimum Gasteiger partial charge on any atom is -0.482 e. The van der Waals surface area contributed by atoms with Crippen molar-refractivity contribution in [2.75, 3.05) is 5.75 Å². The van der Waals surface area contributed by atoms with Gasteiger partial charge < -0.3 is 9.15 Å². The smallest absolute Gasteiger partial charge is 0.226 e. The predicted octanol–water partition coefficient (Wildman–Crippen LogP) is 3.54. The lowest BCUT2D eigenvalue weighted by molar-refractivity contribution is 0.290. The van der Waals surface area contributed by atoms with E-state index in [0.717, 1.165) is 11.1 Å². The van der Waals surface area contributed by atoms with Gasteiger partial charge in [-0.2, -0.15) is 0 Å². The van der Waals surface area contributed by atoms with E-state index in [2.05, 4.69) is 0 Å². The lowest BCUT2D eigenvalue weighted by Gasteiger charge is -2.07. The molecule has 3 rings (SSSR count). The standard InChI is InChI=1S/C21H20O5S/c1-16-6-5-9-19(12-16)27(23,24)11-10-18-13-20(22)21(15-25-18)26-14-17-7-3-2-4-8-17/h2-9,12-13,15H,10-11,14H2,1H3. The monoisotopic (exact) mass is 384 g/mol. The van der Waals surface area contributed by atoms with Crippen LogP contribution in [0.1, 0.15) is 16.9 Å². The first kappa shape index (κ1) is 18.9. The highest BCUT2D eigenvalue weighted by atomic mass is 32.2. The lowest BCUT2D eigenvalue weighted by atomic mass is 10.2. The highest BCUT2D eigenvalue weighted by Gasteiger charge is 2.16. The maximum absolute atomic E-state index is 12.4. The molecule has 27 heavy (non-hydrogen) atoms. The number of hydrogen-bond acceptors (Lipinski definition) is 5. The van der Waals surface area contributed by atoms with E-state index in [1.165, 1.54) is 12.3 Å². The molecule has 0 bridgehead atoms. The SMILES string of the molecule is Cc1cccc(S(=O)(=O)CCc2cc(=O)c(OCc3ccccc3)co2)c1. The molecule has 6 heteroatoms. The molecule has 140 valence electrons. The van der Waals surface area contributed by atoms with E-state index in [1.807, 2.05) is 43.3 Å². The molecular weight excluding hydrogens is 364 g/mol. The summed E-state index contributed by atoms with van der Waals surface area (Å²) in [7, 11) is -3.44. The van der Waals surface area contributed by atoms with E-state index in [0.29, 0.717) is 5.76 Å². The van der Waals surface area contributed by atoms with Gasteiger partial charge in [-0.3, -0.25) is 4.79 Å². The van der Waals surface area contributed by atoms with Gasteiger partial charge in [-0.05, 0) is 30.2 Å². The summed E-state index contributed by atoms with van der Waals surface area (Å²) < 4.78 is 35.7. The molecule has 0 aliphatic carbocycles. The molecule has 3 aromatic rings. The Labute approximate surface area is 158 Å². The fraction of sp³-hybridized carbons (Fsp3) is 0.190. The molecule has 0 fully saturated rings. The molecule has 0 spiro atoms. The van der Waals surface area contributed by atoms with Crippen LogP contribution in [-0.4, -0.2) is 14.2 Å². The van der Waals surface area contributed by atoms with Crippen molar-refractivity contribution in [2.24, 2.45) is 0 Å². The van der Waals surface area contributed by atoms with Crippen LogP contribution in [0.3, 0.4) is 0 Å². The molecule has 0 aliphatic rings. The summed E-state index contributed by atoms with van der Waals surface area (Å²) in [4.78, 5) is 12.4. The first-order chi connectivity index (χ1) is 12.9. The third-order valence-electron chi connectivity index (χ3n) is 4.06. The Balaban J connectivity index is 1.64. The van der Waals surface area contributed by atoms with Crippen LogP contribution in [0.25, 0.3) is 0 Å². The topological polar surface area (TPSA) is 73.6 Å². The molecule has 0 saturated carbocycles. The number of hydrogen-bond donors (Lipinski definition) is 0. The Morgan fingerprint density at radius 1 is 1.00 bits per heavy atom. The van der Waals surface area contributed by atoms with Gasteiger partial charge in [-0.1, -0.05) is 42.5 Å². The number of benzene rings is 2. The molecule has 0 atom stereocenters. The first-order valence-electron chi connectivity index (χ1n) is 8.52. The van der Waals surface area contributed by atoms with Crippen LogP contribution in [0.4, 0.5) is 0 Å². The van der Waals surface area contributed by atoms with Gasteiger partial charge in [0, 0.05) is 12.5 Å². The fourth-order valence-electron chi connectivity index (χ4n) is 2.57. The van der Waals surface area contributed by atoms with Crippen LogP contribution in [0.2, 0.25) is 0 Å². The highest BCUT2D eigenvalue weighted by Crippen LogP contribution is 2.15. The van der Waals surface area contributed by atoms with E-state index in [4.69, 9.17) is 9.15 Å². The van der Waals surface area contributed by atoms with Crippen LogP contribution in [0, 0.1) is 6.92 Å². The molecule has 0 saturated heterocycles. The van der Waals surface area contributed by atoms with E-state index < -0.39 is 9.84 Å². The Bertz CT molecular complexity index is 1070. The summed E-state index contributed by atoms with van der Waals surface area (Å²) in [6.07, 6.45) is 1.35. The second kappa shape index (κ2) is 8.22. The average Bonchev–Trinajstić information content (AvgIpc) is 2.66. The molecule has 1 heterocycles. The largest absolute Gasteiger partial charge is 0.482 e. The zero-order valence-electron chi connectivity index (χ0n) is 14.9. The third-order valence-corrected chi connectivity index (χ3v) is 5.77. The molecular formula is C21H20O5S. The van der Waals surface area contributed by atoms with E-state index in [-0.39, 0.29) is 34.9 Å². The Hall–Kier alpha value is -2.86. The van der Waals surface area contributed by atoms with Gasteiger partial charge in [0.05, 0.1) is 10.6 Å². The number of sulfone groups is 1. The zero-order chi connectivity index (χ0) is 19.3. The number of aryl methyl sites for hydroxylation is 2. The average molecular weight is 384 g/mol. The second-order valence-electron chi connectivity index (χ2n) is 6.23. The van der Waals surface area contributed by atoms with E-state index in [9.17, 15) is 13.2 Å². The quantitative estimate of drug-likeness (QED) is 0.623. The molecule has 5 nitrogen and oxygen atoms in total. The predicted molar refractivity (Wildman–Crippen MR) is 103 cm³/mol. The van der Waals surface area contributed by atoms with Crippen LogP contribution in [0.5, 0.6) is 5.75 Å².